The van der Waals surface area contributed by atoms with Crippen LogP contribution in [-0.2, 0) is 22.5 Å². The van der Waals surface area contributed by atoms with Crippen molar-refractivity contribution in [3.05, 3.63) is 76.5 Å². The van der Waals surface area contributed by atoms with E-state index in [4.69, 9.17) is 10.1 Å². The molecule has 9 nitrogen and oxygen atoms in total. The highest BCUT2D eigenvalue weighted by molar-refractivity contribution is 6.20. The molecule has 1 aromatic heterocycles. The summed E-state index contributed by atoms with van der Waals surface area (Å²) in [6, 6.07) is 6.97. The third-order valence-corrected chi connectivity index (χ3v) is 9.86. The Bertz CT molecular complexity index is 1530. The first kappa shape index (κ1) is 32.1. The normalized spacial score (nSPS) is 21.1. The van der Waals surface area contributed by atoms with E-state index in [2.05, 4.69) is 20.1 Å². The molecule has 1 unspecified atom stereocenters. The quantitative estimate of drug-likeness (QED) is 0.307. The van der Waals surface area contributed by atoms with E-state index in [1.54, 1.807) is 20.2 Å². The van der Waals surface area contributed by atoms with Crippen molar-refractivity contribution in [2.24, 2.45) is 11.8 Å². The Kier molecular flexibility index (Phi) is 9.70. The fourth-order valence-corrected chi connectivity index (χ4v) is 7.12. The molecule has 46 heavy (non-hydrogen) atoms. The van der Waals surface area contributed by atoms with Gasteiger partial charge in [0.2, 0.25) is 0 Å². The molecular weight excluding hydrogens is 590 g/mol. The smallest absolute Gasteiger partial charge is 0.334 e. The van der Waals surface area contributed by atoms with E-state index in [1.807, 2.05) is 28.8 Å². The number of hydrogen-bond donors (Lipinski definition) is 3. The molecular formula is C35H44F2N6O3. The highest BCUT2D eigenvalue weighted by Gasteiger charge is 2.33. The number of likely N-dealkylation sites (tertiary alicyclic amines) is 1. The van der Waals surface area contributed by atoms with Gasteiger partial charge in [-0.3, -0.25) is 5.41 Å². The molecule has 0 radical (unpaired) electrons. The van der Waals surface area contributed by atoms with E-state index in [1.165, 1.54) is 12.3 Å². The maximum absolute atomic E-state index is 14.5. The number of rotatable bonds is 11. The van der Waals surface area contributed by atoms with Gasteiger partial charge < -0.3 is 29.5 Å². The van der Waals surface area contributed by atoms with Crippen LogP contribution in [0.25, 0.3) is 5.57 Å². The van der Waals surface area contributed by atoms with Crippen molar-refractivity contribution >= 4 is 22.9 Å². The Balaban J connectivity index is 1.14. The highest BCUT2D eigenvalue weighted by Crippen LogP contribution is 2.36. The standard InChI is InChI=1S/C35H44F2N6O3/c1-3-46-35(45)33(32-30-5-4-12-42(30)21-40-32)39-16-29-28(34(36)37)15-27(22(2)31(29)38)25-6-8-26(9-7-25)43-18-24(19-43)17-41-13-10-23(20-44)11-14-41/h6-9,15-16,21,23-24,33-34,38-39,44H,3-5,10-14,17-20H2,1-2H3/b29-16-,38-31?. The van der Waals surface area contributed by atoms with Crippen LogP contribution in [0.1, 0.15) is 56.1 Å². The van der Waals surface area contributed by atoms with E-state index >= 15 is 0 Å². The average molecular weight is 635 g/mol. The molecule has 3 N–H and O–H groups in total. The number of halogens is 2. The van der Waals surface area contributed by atoms with Crippen LogP contribution in [0.15, 0.2) is 59.6 Å². The second-order valence-corrected chi connectivity index (χ2v) is 12.8. The van der Waals surface area contributed by atoms with Crippen LogP contribution in [0, 0.1) is 17.2 Å². The molecule has 11 heteroatoms. The lowest BCUT2D eigenvalue weighted by atomic mass is 9.84. The first-order chi connectivity index (χ1) is 22.3. The molecule has 2 saturated heterocycles. The van der Waals surface area contributed by atoms with Crippen molar-refractivity contribution in [2.45, 2.75) is 58.5 Å². The topological polar surface area (TPSA) is 107 Å². The summed E-state index contributed by atoms with van der Waals surface area (Å²) >= 11 is 0. The van der Waals surface area contributed by atoms with Gasteiger partial charge in [0.25, 0.3) is 6.43 Å². The number of aryl methyl sites for hydroxylation is 1. The molecule has 2 aromatic rings. The molecule has 0 bridgehead atoms. The molecule has 4 aliphatic rings. The fourth-order valence-electron chi connectivity index (χ4n) is 7.12. The van der Waals surface area contributed by atoms with E-state index in [0.29, 0.717) is 35.3 Å². The number of benzene rings is 1. The molecule has 2 fully saturated rings. The number of nitrogens with zero attached hydrogens (tertiary/aromatic N) is 4. The van der Waals surface area contributed by atoms with Gasteiger partial charge in [-0.15, -0.1) is 0 Å². The van der Waals surface area contributed by atoms with Crippen molar-refractivity contribution in [1.29, 1.82) is 5.41 Å². The summed E-state index contributed by atoms with van der Waals surface area (Å²) in [6.07, 6.45) is 5.55. The Hall–Kier alpha value is -3.83. The van der Waals surface area contributed by atoms with Crippen molar-refractivity contribution in [2.75, 3.05) is 50.8 Å². The minimum Gasteiger partial charge on any atom is -0.464 e. The first-order valence-corrected chi connectivity index (χ1v) is 16.4. The summed E-state index contributed by atoms with van der Waals surface area (Å²) in [5.74, 6) is 0.520. The number of esters is 1. The Morgan fingerprint density at radius 3 is 2.59 bits per heavy atom. The van der Waals surface area contributed by atoms with Gasteiger partial charge in [0.15, 0.2) is 6.04 Å². The zero-order valence-electron chi connectivity index (χ0n) is 26.6. The Morgan fingerprint density at radius 2 is 1.91 bits per heavy atom. The number of piperidine rings is 1. The number of carbonyl (C=O) groups excluding carboxylic acids is 1. The highest BCUT2D eigenvalue weighted by atomic mass is 19.3. The summed E-state index contributed by atoms with van der Waals surface area (Å²) in [5, 5.41) is 21.3. The summed E-state index contributed by atoms with van der Waals surface area (Å²) in [4.78, 5) is 22.2. The van der Waals surface area contributed by atoms with Crippen molar-refractivity contribution in [1.82, 2.24) is 19.8 Å². The van der Waals surface area contributed by atoms with Crippen LogP contribution < -0.4 is 10.2 Å². The predicted molar refractivity (Wildman–Crippen MR) is 174 cm³/mol. The lowest BCUT2D eigenvalue weighted by Crippen LogP contribution is -2.52. The number of fused-ring (bicyclic) bond motifs is 1. The third-order valence-electron chi connectivity index (χ3n) is 9.86. The van der Waals surface area contributed by atoms with Crippen molar-refractivity contribution < 1.29 is 23.4 Å². The molecule has 1 atom stereocenters. The van der Waals surface area contributed by atoms with Gasteiger partial charge in [-0.05, 0) is 93.5 Å². The van der Waals surface area contributed by atoms with Crippen molar-refractivity contribution in [3.8, 4) is 0 Å². The van der Waals surface area contributed by atoms with Crippen LogP contribution in [-0.4, -0.2) is 83.6 Å². The number of aliphatic hydroxyl groups is 1. The number of ether oxygens (including phenoxy) is 1. The lowest BCUT2D eigenvalue weighted by Gasteiger charge is -2.44. The number of aliphatic hydroxyl groups excluding tert-OH is 1. The molecule has 3 aliphatic heterocycles. The molecule has 0 spiro atoms. The minimum absolute atomic E-state index is 0.0179. The second-order valence-electron chi connectivity index (χ2n) is 12.8. The van der Waals surface area contributed by atoms with Crippen LogP contribution in [0.3, 0.4) is 0 Å². The van der Waals surface area contributed by atoms with Gasteiger partial charge >= 0.3 is 5.97 Å². The number of anilines is 1. The van der Waals surface area contributed by atoms with E-state index in [9.17, 15) is 18.7 Å². The summed E-state index contributed by atoms with van der Waals surface area (Å²) in [5.41, 5.74) is 4.26. The molecule has 4 heterocycles. The largest absolute Gasteiger partial charge is 0.464 e. The minimum atomic E-state index is -2.82. The van der Waals surface area contributed by atoms with Gasteiger partial charge in [-0.2, -0.15) is 0 Å². The number of imidazole rings is 1. The predicted octanol–water partition coefficient (Wildman–Crippen LogP) is 4.75. The number of nitrogens with one attached hydrogen (secondary N) is 2. The number of hydrogen-bond acceptors (Lipinski definition) is 8. The number of aromatic nitrogens is 2. The summed E-state index contributed by atoms with van der Waals surface area (Å²) < 4.78 is 36.3. The lowest BCUT2D eigenvalue weighted by molar-refractivity contribution is -0.145. The van der Waals surface area contributed by atoms with Crippen LogP contribution in [0.5, 0.6) is 0 Å². The maximum Gasteiger partial charge on any atom is 0.334 e. The zero-order valence-corrected chi connectivity index (χ0v) is 26.6. The molecule has 246 valence electrons. The van der Waals surface area contributed by atoms with Crippen LogP contribution in [0.2, 0.25) is 0 Å². The summed E-state index contributed by atoms with van der Waals surface area (Å²) in [6.45, 7) is 9.93. The monoisotopic (exact) mass is 634 g/mol. The Morgan fingerprint density at radius 1 is 1.17 bits per heavy atom. The zero-order chi connectivity index (χ0) is 32.4. The molecule has 1 aliphatic carbocycles. The van der Waals surface area contributed by atoms with Crippen LogP contribution >= 0.6 is 0 Å². The first-order valence-electron chi connectivity index (χ1n) is 16.4. The number of alkyl halides is 2. The SMILES string of the molecule is CCOC(=O)C(N/C=C1\C(=N)C(C)=C(c2ccc(N3CC(CN4CCC(CO)CC4)C3)cc2)C=C1C(F)F)c1ncn2c1CCC2. The Labute approximate surface area is 269 Å². The summed E-state index contributed by atoms with van der Waals surface area (Å²) in [7, 11) is 0. The number of carbonyl (C=O) groups is 1. The maximum atomic E-state index is 14.5. The van der Waals surface area contributed by atoms with Gasteiger partial charge in [0.1, 0.15) is 0 Å². The van der Waals surface area contributed by atoms with Gasteiger partial charge in [-0.25, -0.2) is 18.6 Å². The van der Waals surface area contributed by atoms with E-state index in [-0.39, 0.29) is 23.5 Å². The fraction of sp³-hybridized carbons (Fsp3) is 0.514. The van der Waals surface area contributed by atoms with Gasteiger partial charge in [0.05, 0.1) is 24.3 Å². The number of allylic oxidation sites excluding steroid dienone is 5. The molecule has 0 amide bonds. The molecule has 1 aromatic carbocycles. The van der Waals surface area contributed by atoms with Gasteiger partial charge in [-0.1, -0.05) is 12.1 Å². The van der Waals surface area contributed by atoms with E-state index < -0.39 is 18.4 Å². The second kappa shape index (κ2) is 13.9. The molecule has 6 rings (SSSR count). The van der Waals surface area contributed by atoms with Crippen molar-refractivity contribution in [3.63, 3.8) is 0 Å². The van der Waals surface area contributed by atoms with Crippen LogP contribution in [0.4, 0.5) is 14.5 Å². The molecule has 0 saturated carbocycles. The van der Waals surface area contributed by atoms with E-state index in [0.717, 1.165) is 81.9 Å². The average Bonchev–Trinajstić information content (AvgIpc) is 3.66. The van der Waals surface area contributed by atoms with Gasteiger partial charge in [0, 0.05) is 67.4 Å². The third kappa shape index (κ3) is 6.53.